The Kier molecular flexibility index (Phi) is 2.88. The molecule has 2 unspecified atom stereocenters. The molecule has 0 saturated heterocycles. The highest BCUT2D eigenvalue weighted by Gasteiger charge is 2.58. The minimum atomic E-state index is -0.164. The predicted molar refractivity (Wildman–Crippen MR) is 83.1 cm³/mol. The standard InChI is InChI=1S/C17H21ClN2O/c1-16-6-11-4-12(7-16)9-17(8-11,10-16)15(21)20-14-5-13(18)2-3-19-14/h2-3,5,11-12H,4,6-10H2,1H3,(H,19,20,21). The lowest BCUT2D eigenvalue weighted by Crippen LogP contribution is -2.55. The monoisotopic (exact) mass is 304 g/mol. The van der Waals surface area contributed by atoms with Crippen LogP contribution in [0.5, 0.6) is 0 Å². The molecule has 4 aliphatic rings. The average molecular weight is 305 g/mol. The highest BCUT2D eigenvalue weighted by atomic mass is 35.5. The summed E-state index contributed by atoms with van der Waals surface area (Å²) >= 11 is 5.98. The van der Waals surface area contributed by atoms with E-state index in [1.165, 1.54) is 19.3 Å². The summed E-state index contributed by atoms with van der Waals surface area (Å²) in [6, 6.07) is 3.45. The second-order valence-corrected chi connectivity index (χ2v) is 8.30. The Morgan fingerprint density at radius 2 is 2.05 bits per heavy atom. The van der Waals surface area contributed by atoms with Gasteiger partial charge >= 0.3 is 0 Å². The molecule has 0 aliphatic heterocycles. The van der Waals surface area contributed by atoms with Crippen molar-refractivity contribution in [1.82, 2.24) is 4.98 Å². The number of carbonyl (C=O) groups excluding carboxylic acids is 1. The third-order valence-electron chi connectivity index (χ3n) is 5.80. The third kappa shape index (κ3) is 2.26. The highest BCUT2D eigenvalue weighted by Crippen LogP contribution is 2.65. The van der Waals surface area contributed by atoms with Gasteiger partial charge in [-0.3, -0.25) is 4.79 Å². The molecule has 4 bridgehead atoms. The largest absolute Gasteiger partial charge is 0.310 e. The minimum Gasteiger partial charge on any atom is -0.310 e. The zero-order valence-corrected chi connectivity index (χ0v) is 13.1. The van der Waals surface area contributed by atoms with Crippen LogP contribution in [-0.2, 0) is 4.79 Å². The molecule has 4 heteroatoms. The molecule has 4 aliphatic carbocycles. The normalized spacial score (nSPS) is 40.3. The lowest BCUT2D eigenvalue weighted by molar-refractivity contribution is -0.149. The number of aromatic nitrogens is 1. The van der Waals surface area contributed by atoms with Crippen molar-refractivity contribution in [2.75, 3.05) is 5.32 Å². The topological polar surface area (TPSA) is 42.0 Å². The molecule has 5 rings (SSSR count). The zero-order valence-electron chi connectivity index (χ0n) is 12.4. The molecule has 1 aromatic rings. The summed E-state index contributed by atoms with van der Waals surface area (Å²) in [5, 5.41) is 3.63. The summed E-state index contributed by atoms with van der Waals surface area (Å²) in [6.45, 7) is 2.38. The fourth-order valence-electron chi connectivity index (χ4n) is 5.71. The van der Waals surface area contributed by atoms with E-state index in [0.29, 0.717) is 16.3 Å². The van der Waals surface area contributed by atoms with Crippen molar-refractivity contribution in [3.05, 3.63) is 23.4 Å². The van der Waals surface area contributed by atoms with Gasteiger partial charge in [0.25, 0.3) is 0 Å². The van der Waals surface area contributed by atoms with E-state index in [1.54, 1.807) is 18.3 Å². The second-order valence-electron chi connectivity index (χ2n) is 7.87. The van der Waals surface area contributed by atoms with Gasteiger partial charge in [-0.15, -0.1) is 0 Å². The van der Waals surface area contributed by atoms with Gasteiger partial charge in [0, 0.05) is 11.2 Å². The number of pyridine rings is 1. The number of halogens is 1. The maximum absolute atomic E-state index is 12.9. The molecule has 112 valence electrons. The van der Waals surface area contributed by atoms with Crippen LogP contribution in [-0.4, -0.2) is 10.9 Å². The van der Waals surface area contributed by atoms with Gasteiger partial charge < -0.3 is 5.32 Å². The minimum absolute atomic E-state index is 0.164. The van der Waals surface area contributed by atoms with Crippen molar-refractivity contribution in [3.63, 3.8) is 0 Å². The Morgan fingerprint density at radius 3 is 2.67 bits per heavy atom. The molecular formula is C17H21ClN2O. The van der Waals surface area contributed by atoms with Crippen molar-refractivity contribution in [2.45, 2.75) is 45.4 Å². The summed E-state index contributed by atoms with van der Waals surface area (Å²) in [5.41, 5.74) is 0.214. The number of nitrogens with one attached hydrogen (secondary N) is 1. The van der Waals surface area contributed by atoms with Crippen LogP contribution < -0.4 is 5.32 Å². The quantitative estimate of drug-likeness (QED) is 0.886. The molecule has 4 saturated carbocycles. The summed E-state index contributed by atoms with van der Waals surface area (Å²) in [7, 11) is 0. The maximum Gasteiger partial charge on any atom is 0.231 e. The van der Waals surface area contributed by atoms with Gasteiger partial charge in [0.1, 0.15) is 5.82 Å². The zero-order chi connectivity index (χ0) is 14.7. The average Bonchev–Trinajstić information content (AvgIpc) is 2.35. The van der Waals surface area contributed by atoms with Crippen LogP contribution in [0.2, 0.25) is 5.02 Å². The van der Waals surface area contributed by atoms with E-state index < -0.39 is 0 Å². The first-order valence-electron chi connectivity index (χ1n) is 7.90. The van der Waals surface area contributed by atoms with Gasteiger partial charge in [-0.2, -0.15) is 0 Å². The Hall–Kier alpha value is -1.09. The van der Waals surface area contributed by atoms with Gasteiger partial charge in [-0.25, -0.2) is 4.98 Å². The Balaban J connectivity index is 1.59. The van der Waals surface area contributed by atoms with Gasteiger partial charge in [0.05, 0.1) is 5.41 Å². The smallest absolute Gasteiger partial charge is 0.231 e. The molecule has 3 nitrogen and oxygen atoms in total. The fourth-order valence-corrected chi connectivity index (χ4v) is 5.87. The second kappa shape index (κ2) is 4.45. The van der Waals surface area contributed by atoms with E-state index >= 15 is 0 Å². The van der Waals surface area contributed by atoms with E-state index in [0.717, 1.165) is 31.1 Å². The van der Waals surface area contributed by atoms with Crippen LogP contribution in [0, 0.1) is 22.7 Å². The summed E-state index contributed by atoms with van der Waals surface area (Å²) < 4.78 is 0. The molecule has 4 fully saturated rings. The summed E-state index contributed by atoms with van der Waals surface area (Å²) in [4.78, 5) is 17.1. The molecule has 1 amide bonds. The number of anilines is 1. The molecular weight excluding hydrogens is 284 g/mol. The summed E-state index contributed by atoms with van der Waals surface area (Å²) in [5.74, 6) is 2.23. The maximum atomic E-state index is 12.9. The van der Waals surface area contributed by atoms with Crippen molar-refractivity contribution >= 4 is 23.3 Å². The van der Waals surface area contributed by atoms with Gasteiger partial charge in [0.15, 0.2) is 0 Å². The van der Waals surface area contributed by atoms with E-state index in [4.69, 9.17) is 11.6 Å². The van der Waals surface area contributed by atoms with Crippen LogP contribution in [0.4, 0.5) is 5.82 Å². The van der Waals surface area contributed by atoms with Crippen molar-refractivity contribution < 1.29 is 4.79 Å². The molecule has 21 heavy (non-hydrogen) atoms. The lowest BCUT2D eigenvalue weighted by Gasteiger charge is -2.60. The number of nitrogens with zero attached hydrogens (tertiary/aromatic N) is 1. The van der Waals surface area contributed by atoms with Crippen LogP contribution >= 0.6 is 11.6 Å². The number of amides is 1. The highest BCUT2D eigenvalue weighted by molar-refractivity contribution is 6.30. The van der Waals surface area contributed by atoms with E-state index in [1.807, 2.05) is 0 Å². The number of rotatable bonds is 2. The number of carbonyl (C=O) groups is 1. The molecule has 0 spiro atoms. The lowest BCUT2D eigenvalue weighted by atomic mass is 9.44. The first kappa shape index (κ1) is 13.6. The Labute approximate surface area is 130 Å². The van der Waals surface area contributed by atoms with Gasteiger partial charge in [-0.05, 0) is 67.9 Å². The van der Waals surface area contributed by atoms with Crippen LogP contribution in [0.3, 0.4) is 0 Å². The molecule has 1 aromatic heterocycles. The predicted octanol–water partition coefficient (Wildman–Crippen LogP) is 4.28. The first-order valence-corrected chi connectivity index (χ1v) is 8.27. The molecule has 1 heterocycles. The SMILES string of the molecule is CC12CC3CC(C1)CC(C(=O)Nc1cc(Cl)ccn1)(C3)C2. The Morgan fingerprint density at radius 1 is 1.33 bits per heavy atom. The first-order chi connectivity index (χ1) is 9.96. The summed E-state index contributed by atoms with van der Waals surface area (Å²) in [6.07, 6.45) is 8.76. The molecule has 1 N–H and O–H groups in total. The molecule has 0 aromatic carbocycles. The number of hydrogen-bond acceptors (Lipinski definition) is 2. The van der Waals surface area contributed by atoms with Crippen LogP contribution in [0.1, 0.15) is 45.4 Å². The van der Waals surface area contributed by atoms with E-state index in [2.05, 4.69) is 17.2 Å². The molecule has 0 radical (unpaired) electrons. The van der Waals surface area contributed by atoms with Crippen molar-refractivity contribution in [3.8, 4) is 0 Å². The third-order valence-corrected chi connectivity index (χ3v) is 6.03. The Bertz CT molecular complexity index is 586. The molecule has 2 atom stereocenters. The van der Waals surface area contributed by atoms with Crippen molar-refractivity contribution in [2.24, 2.45) is 22.7 Å². The fraction of sp³-hybridized carbons (Fsp3) is 0.647. The number of hydrogen-bond donors (Lipinski definition) is 1. The van der Waals surface area contributed by atoms with Crippen LogP contribution in [0.25, 0.3) is 0 Å². The van der Waals surface area contributed by atoms with Gasteiger partial charge in [0.2, 0.25) is 5.91 Å². The van der Waals surface area contributed by atoms with Crippen molar-refractivity contribution in [1.29, 1.82) is 0 Å². The van der Waals surface area contributed by atoms with Crippen LogP contribution in [0.15, 0.2) is 18.3 Å². The van der Waals surface area contributed by atoms with E-state index in [9.17, 15) is 4.79 Å². The van der Waals surface area contributed by atoms with Gasteiger partial charge in [-0.1, -0.05) is 18.5 Å². The van der Waals surface area contributed by atoms with E-state index in [-0.39, 0.29) is 11.3 Å².